The Morgan fingerprint density at radius 3 is 2.62 bits per heavy atom. The summed E-state index contributed by atoms with van der Waals surface area (Å²) >= 11 is 6.84. The van der Waals surface area contributed by atoms with Crippen LogP contribution in [0.5, 0.6) is 0 Å². The smallest absolute Gasteiger partial charge is 0.110 e. The van der Waals surface area contributed by atoms with Crippen LogP contribution >= 0.6 is 11.6 Å². The summed E-state index contributed by atoms with van der Waals surface area (Å²) in [6, 6.07) is 20.4. The van der Waals surface area contributed by atoms with Crippen LogP contribution in [-0.4, -0.2) is 38.1 Å². The number of hydrogen-bond donors (Lipinski definition) is 3. The molecule has 0 unspecified atom stereocenters. The number of halogens is 1. The van der Waals surface area contributed by atoms with Crippen molar-refractivity contribution in [1.29, 1.82) is 5.26 Å². The third-order valence-corrected chi connectivity index (χ3v) is 8.77. The van der Waals surface area contributed by atoms with Crippen molar-refractivity contribution in [3.05, 3.63) is 107 Å². The van der Waals surface area contributed by atoms with Crippen LogP contribution in [0.15, 0.2) is 79.4 Å². The molecule has 3 N–H and O–H groups in total. The summed E-state index contributed by atoms with van der Waals surface area (Å²) in [6.07, 6.45) is 8.06. The number of hydrogen-bond acceptors (Lipinski definition) is 8. The van der Waals surface area contributed by atoms with Crippen LogP contribution in [0.25, 0.3) is 10.9 Å². The van der Waals surface area contributed by atoms with E-state index in [-0.39, 0.29) is 12.1 Å². The standard InChI is InChI=1S/C32H30ClN9/c1-2-27(19-7-4-3-5-8-19)39-29-21(13-34)15-37-31-23(29)11-22(12-26(31)33)38-30(20-9-6-10-35-14-20)28-18-42(41-40-28)32-24-16-36-17-25(24)32/h3-12,14-15,18,24-25,27,30,32,36,38H,2,16-17H2,1H3,(H,37,39)/t24-,25+,27-,30+,32+/m1/s1. The summed E-state index contributed by atoms with van der Waals surface area (Å²) in [4.78, 5) is 8.91. The minimum Gasteiger partial charge on any atom is -0.377 e. The van der Waals surface area contributed by atoms with Crippen molar-refractivity contribution in [3.63, 3.8) is 0 Å². The first-order chi connectivity index (χ1) is 20.6. The number of anilines is 2. The molecular weight excluding hydrogens is 546 g/mol. The summed E-state index contributed by atoms with van der Waals surface area (Å²) in [7, 11) is 0. The van der Waals surface area contributed by atoms with Gasteiger partial charge in [-0.1, -0.05) is 60.1 Å². The topological polar surface area (TPSA) is 116 Å². The van der Waals surface area contributed by atoms with Gasteiger partial charge in [-0.3, -0.25) is 9.97 Å². The van der Waals surface area contributed by atoms with E-state index in [9.17, 15) is 5.26 Å². The van der Waals surface area contributed by atoms with E-state index in [4.69, 9.17) is 11.6 Å². The summed E-state index contributed by atoms with van der Waals surface area (Å²) in [5, 5.41) is 31.1. The maximum absolute atomic E-state index is 10.0. The Morgan fingerprint density at radius 2 is 1.88 bits per heavy atom. The molecule has 0 radical (unpaired) electrons. The number of nitrogens with zero attached hydrogens (tertiary/aromatic N) is 6. The number of nitriles is 1. The van der Waals surface area contributed by atoms with E-state index in [2.05, 4.69) is 61.4 Å². The third-order valence-electron chi connectivity index (χ3n) is 8.48. The Kier molecular flexibility index (Phi) is 6.94. The predicted octanol–water partition coefficient (Wildman–Crippen LogP) is 5.90. The highest BCUT2D eigenvalue weighted by Crippen LogP contribution is 2.52. The summed E-state index contributed by atoms with van der Waals surface area (Å²) in [6.45, 7) is 4.18. The van der Waals surface area contributed by atoms with Gasteiger partial charge in [0, 0.05) is 54.6 Å². The number of benzene rings is 2. The minimum atomic E-state index is -0.311. The monoisotopic (exact) mass is 575 g/mol. The van der Waals surface area contributed by atoms with E-state index < -0.39 is 0 Å². The minimum absolute atomic E-state index is 0.00888. The molecule has 1 aliphatic heterocycles. The zero-order valence-corrected chi connectivity index (χ0v) is 23.8. The normalized spacial score (nSPS) is 20.5. The number of piperidine rings is 1. The van der Waals surface area contributed by atoms with Gasteiger partial charge in [0.15, 0.2) is 0 Å². The van der Waals surface area contributed by atoms with Crippen molar-refractivity contribution in [2.75, 3.05) is 23.7 Å². The second-order valence-electron chi connectivity index (χ2n) is 11.0. The van der Waals surface area contributed by atoms with Gasteiger partial charge < -0.3 is 16.0 Å². The molecule has 2 fully saturated rings. The lowest BCUT2D eigenvalue weighted by atomic mass is 10.0. The zero-order valence-electron chi connectivity index (χ0n) is 23.1. The molecule has 0 spiro atoms. The fourth-order valence-corrected chi connectivity index (χ4v) is 6.52. The first-order valence-electron chi connectivity index (χ1n) is 14.3. The molecule has 9 nitrogen and oxygen atoms in total. The average Bonchev–Trinajstić information content (AvgIpc) is 3.34. The lowest BCUT2D eigenvalue weighted by Crippen LogP contribution is -2.17. The second kappa shape index (κ2) is 11.0. The van der Waals surface area contributed by atoms with Crippen LogP contribution < -0.4 is 16.0 Å². The maximum Gasteiger partial charge on any atom is 0.110 e. The molecule has 1 aliphatic carbocycles. The van der Waals surface area contributed by atoms with Crippen LogP contribution in [0.2, 0.25) is 5.02 Å². The Morgan fingerprint density at radius 1 is 1.07 bits per heavy atom. The van der Waals surface area contributed by atoms with E-state index in [1.807, 2.05) is 59.5 Å². The molecule has 4 heterocycles. The average molecular weight is 576 g/mol. The molecule has 5 atom stereocenters. The quantitative estimate of drug-likeness (QED) is 0.199. The van der Waals surface area contributed by atoms with Gasteiger partial charge in [0.2, 0.25) is 0 Å². The number of nitrogens with one attached hydrogen (secondary N) is 3. The molecule has 1 saturated heterocycles. The van der Waals surface area contributed by atoms with Gasteiger partial charge in [-0.15, -0.1) is 5.10 Å². The maximum atomic E-state index is 10.0. The van der Waals surface area contributed by atoms with Crippen molar-refractivity contribution >= 4 is 33.9 Å². The molecule has 0 amide bonds. The molecule has 2 aromatic carbocycles. The molecule has 10 heteroatoms. The molecule has 3 aromatic heterocycles. The summed E-state index contributed by atoms with van der Waals surface area (Å²) < 4.78 is 2.02. The number of aromatic nitrogens is 5. The number of pyridine rings is 2. The largest absolute Gasteiger partial charge is 0.377 e. The molecule has 210 valence electrons. The lowest BCUT2D eigenvalue weighted by molar-refractivity contribution is 0.509. The molecule has 1 saturated carbocycles. The van der Waals surface area contributed by atoms with Crippen LogP contribution in [0.3, 0.4) is 0 Å². The van der Waals surface area contributed by atoms with E-state index in [0.717, 1.165) is 47.4 Å². The van der Waals surface area contributed by atoms with Crippen molar-refractivity contribution in [2.24, 2.45) is 11.8 Å². The van der Waals surface area contributed by atoms with Gasteiger partial charge in [0.25, 0.3) is 0 Å². The van der Waals surface area contributed by atoms with Gasteiger partial charge in [0.1, 0.15) is 11.8 Å². The first kappa shape index (κ1) is 26.4. The van der Waals surface area contributed by atoms with Gasteiger partial charge in [-0.05, 0) is 35.7 Å². The van der Waals surface area contributed by atoms with Crippen molar-refractivity contribution in [1.82, 2.24) is 30.3 Å². The van der Waals surface area contributed by atoms with Crippen LogP contribution in [0.1, 0.15) is 53.9 Å². The van der Waals surface area contributed by atoms with Gasteiger partial charge in [-0.2, -0.15) is 5.26 Å². The zero-order chi connectivity index (χ0) is 28.6. The van der Waals surface area contributed by atoms with Gasteiger partial charge in [0.05, 0.1) is 46.1 Å². The van der Waals surface area contributed by atoms with E-state index in [1.54, 1.807) is 12.4 Å². The van der Waals surface area contributed by atoms with E-state index in [0.29, 0.717) is 39.7 Å². The molecule has 5 aromatic rings. The Labute approximate surface area is 249 Å². The predicted molar refractivity (Wildman–Crippen MR) is 163 cm³/mol. The Hall–Kier alpha value is -4.52. The number of fused-ring (bicyclic) bond motifs is 2. The Balaban J connectivity index is 1.27. The molecule has 7 rings (SSSR count). The third kappa shape index (κ3) is 4.83. The molecule has 0 bridgehead atoms. The van der Waals surface area contributed by atoms with Crippen molar-refractivity contribution in [2.45, 2.75) is 31.5 Å². The molecule has 2 aliphatic rings. The second-order valence-corrected chi connectivity index (χ2v) is 11.4. The lowest BCUT2D eigenvalue weighted by Gasteiger charge is -2.22. The van der Waals surface area contributed by atoms with Crippen molar-refractivity contribution in [3.8, 4) is 6.07 Å². The fourth-order valence-electron chi connectivity index (χ4n) is 6.25. The highest BCUT2D eigenvalue weighted by atomic mass is 35.5. The van der Waals surface area contributed by atoms with E-state index in [1.165, 1.54) is 0 Å². The number of rotatable bonds is 9. The highest BCUT2D eigenvalue weighted by Gasteiger charge is 2.55. The summed E-state index contributed by atoms with van der Waals surface area (Å²) in [5.74, 6) is 1.25. The summed E-state index contributed by atoms with van der Waals surface area (Å²) in [5.41, 5.74) is 5.47. The van der Waals surface area contributed by atoms with Crippen molar-refractivity contribution < 1.29 is 0 Å². The SMILES string of the molecule is CC[C@@H](Nc1c(C#N)cnc2c(Cl)cc(N[C@@H](c3cccnc3)c3cn([C@H]4[C@@H]5CNC[C@@H]54)nn3)cc12)c1ccccc1. The molecule has 42 heavy (non-hydrogen) atoms. The van der Waals surface area contributed by atoms with E-state index >= 15 is 0 Å². The fraction of sp³-hybridized carbons (Fsp3) is 0.281. The first-order valence-corrected chi connectivity index (χ1v) is 14.6. The van der Waals surface area contributed by atoms with Gasteiger partial charge >= 0.3 is 0 Å². The van der Waals surface area contributed by atoms with Crippen LogP contribution in [-0.2, 0) is 0 Å². The van der Waals surface area contributed by atoms with Gasteiger partial charge in [-0.25, -0.2) is 4.68 Å². The van der Waals surface area contributed by atoms with Crippen LogP contribution in [0.4, 0.5) is 11.4 Å². The molecular formula is C32H30ClN9. The highest BCUT2D eigenvalue weighted by molar-refractivity contribution is 6.35. The van der Waals surface area contributed by atoms with Crippen LogP contribution in [0, 0.1) is 23.2 Å². The Bertz CT molecular complexity index is 1760.